The van der Waals surface area contributed by atoms with Gasteiger partial charge in [-0.2, -0.15) is 0 Å². The standard InChI is InChI=1S/C17H17NO3/c1-2-20-13-7-5-6-12(10-13)17(19)16-11-18-14-8-3-4-9-15(14)21-16/h3-10,16,18H,2,11H2,1H3. The number of Topliss-reactive ketones (excluding diaryl/α,β-unsaturated/α-hetero) is 1. The van der Waals surface area contributed by atoms with Crippen molar-refractivity contribution in [3.63, 3.8) is 0 Å². The molecule has 0 radical (unpaired) electrons. The first kappa shape index (κ1) is 13.5. The maximum Gasteiger partial charge on any atom is 0.205 e. The van der Waals surface area contributed by atoms with E-state index in [-0.39, 0.29) is 5.78 Å². The van der Waals surface area contributed by atoms with Gasteiger partial charge in [-0.25, -0.2) is 0 Å². The summed E-state index contributed by atoms with van der Waals surface area (Å²) < 4.78 is 11.2. The summed E-state index contributed by atoms with van der Waals surface area (Å²) in [5, 5.41) is 3.23. The molecule has 0 bridgehead atoms. The minimum Gasteiger partial charge on any atom is -0.494 e. The van der Waals surface area contributed by atoms with E-state index in [9.17, 15) is 4.79 Å². The number of carbonyl (C=O) groups is 1. The monoisotopic (exact) mass is 283 g/mol. The van der Waals surface area contributed by atoms with Crippen molar-refractivity contribution in [2.75, 3.05) is 18.5 Å². The number of carbonyl (C=O) groups excluding carboxylic acids is 1. The highest BCUT2D eigenvalue weighted by atomic mass is 16.5. The molecule has 2 aromatic rings. The number of rotatable bonds is 4. The second-order valence-corrected chi connectivity index (χ2v) is 4.81. The fraction of sp³-hybridized carbons (Fsp3) is 0.235. The predicted molar refractivity (Wildman–Crippen MR) is 81.3 cm³/mol. The summed E-state index contributed by atoms with van der Waals surface area (Å²) >= 11 is 0. The Morgan fingerprint density at radius 2 is 2.14 bits per heavy atom. The molecule has 4 nitrogen and oxygen atoms in total. The molecule has 0 aliphatic carbocycles. The van der Waals surface area contributed by atoms with Gasteiger partial charge in [0, 0.05) is 5.56 Å². The van der Waals surface area contributed by atoms with E-state index < -0.39 is 6.10 Å². The minimum atomic E-state index is -0.517. The van der Waals surface area contributed by atoms with Gasteiger partial charge in [0.15, 0.2) is 6.10 Å². The van der Waals surface area contributed by atoms with Crippen LogP contribution in [0.4, 0.5) is 5.69 Å². The van der Waals surface area contributed by atoms with Crippen LogP contribution in [0.15, 0.2) is 48.5 Å². The molecule has 1 aliphatic heterocycles. The lowest BCUT2D eigenvalue weighted by molar-refractivity contribution is 0.0801. The number of hydrogen-bond donors (Lipinski definition) is 1. The molecular formula is C17H17NO3. The van der Waals surface area contributed by atoms with Crippen molar-refractivity contribution in [2.45, 2.75) is 13.0 Å². The van der Waals surface area contributed by atoms with Crippen molar-refractivity contribution in [1.29, 1.82) is 0 Å². The zero-order valence-electron chi connectivity index (χ0n) is 11.8. The second kappa shape index (κ2) is 5.87. The number of nitrogens with one attached hydrogen (secondary N) is 1. The van der Waals surface area contributed by atoms with Crippen LogP contribution in [0, 0.1) is 0 Å². The van der Waals surface area contributed by atoms with E-state index >= 15 is 0 Å². The average Bonchev–Trinajstić information content (AvgIpc) is 2.54. The number of ether oxygens (including phenoxy) is 2. The van der Waals surface area contributed by atoms with Crippen LogP contribution in [0.5, 0.6) is 11.5 Å². The molecule has 4 heteroatoms. The quantitative estimate of drug-likeness (QED) is 0.876. The molecule has 0 saturated heterocycles. The minimum absolute atomic E-state index is 0.0430. The van der Waals surface area contributed by atoms with Crippen molar-refractivity contribution in [2.24, 2.45) is 0 Å². The van der Waals surface area contributed by atoms with Gasteiger partial charge in [0.2, 0.25) is 5.78 Å². The number of fused-ring (bicyclic) bond motifs is 1. The Bertz CT molecular complexity index is 654. The van der Waals surface area contributed by atoms with E-state index in [2.05, 4.69) is 5.32 Å². The third-order valence-corrected chi connectivity index (χ3v) is 3.36. The summed E-state index contributed by atoms with van der Waals surface area (Å²) in [6.45, 7) is 2.96. The third-order valence-electron chi connectivity index (χ3n) is 3.36. The Kier molecular flexibility index (Phi) is 3.77. The SMILES string of the molecule is CCOc1cccc(C(=O)C2CNc3ccccc3O2)c1. The maximum atomic E-state index is 12.5. The van der Waals surface area contributed by atoms with Crippen LogP contribution >= 0.6 is 0 Å². The van der Waals surface area contributed by atoms with E-state index in [0.717, 1.165) is 5.69 Å². The molecule has 1 unspecified atom stereocenters. The van der Waals surface area contributed by atoms with Crippen LogP contribution in [0.25, 0.3) is 0 Å². The molecule has 1 atom stereocenters. The number of ketones is 1. The Labute approximate surface area is 123 Å². The Morgan fingerprint density at radius 3 is 3.00 bits per heavy atom. The summed E-state index contributed by atoms with van der Waals surface area (Å²) in [5.41, 5.74) is 1.52. The molecule has 0 saturated carbocycles. The Morgan fingerprint density at radius 1 is 1.29 bits per heavy atom. The summed E-state index contributed by atoms with van der Waals surface area (Å²) in [7, 11) is 0. The van der Waals surface area contributed by atoms with Crippen LogP contribution in [0.3, 0.4) is 0 Å². The van der Waals surface area contributed by atoms with E-state index in [0.29, 0.717) is 30.2 Å². The van der Waals surface area contributed by atoms with Crippen molar-refractivity contribution in [3.8, 4) is 11.5 Å². The van der Waals surface area contributed by atoms with Gasteiger partial charge in [-0.05, 0) is 31.2 Å². The van der Waals surface area contributed by atoms with Gasteiger partial charge in [-0.15, -0.1) is 0 Å². The van der Waals surface area contributed by atoms with Gasteiger partial charge >= 0.3 is 0 Å². The summed E-state index contributed by atoms with van der Waals surface area (Å²) in [6.07, 6.45) is -0.517. The molecule has 0 aromatic heterocycles. The fourth-order valence-corrected chi connectivity index (χ4v) is 2.35. The lowest BCUT2D eigenvalue weighted by atomic mass is 10.0. The van der Waals surface area contributed by atoms with Crippen LogP contribution in [-0.4, -0.2) is 25.0 Å². The third kappa shape index (κ3) is 2.84. The molecule has 0 amide bonds. The van der Waals surface area contributed by atoms with E-state index in [1.807, 2.05) is 43.3 Å². The predicted octanol–water partition coefficient (Wildman–Crippen LogP) is 3.14. The van der Waals surface area contributed by atoms with Gasteiger partial charge in [0.25, 0.3) is 0 Å². The number of anilines is 1. The molecule has 21 heavy (non-hydrogen) atoms. The fourth-order valence-electron chi connectivity index (χ4n) is 2.35. The topological polar surface area (TPSA) is 47.6 Å². The van der Waals surface area contributed by atoms with E-state index in [1.165, 1.54) is 0 Å². The molecule has 0 fully saturated rings. The molecule has 0 spiro atoms. The Hall–Kier alpha value is -2.49. The van der Waals surface area contributed by atoms with Gasteiger partial charge in [-0.3, -0.25) is 4.79 Å². The molecule has 1 aliphatic rings. The lowest BCUT2D eigenvalue weighted by Gasteiger charge is -2.26. The van der Waals surface area contributed by atoms with Crippen LogP contribution in [0.2, 0.25) is 0 Å². The zero-order chi connectivity index (χ0) is 14.7. The van der Waals surface area contributed by atoms with Gasteiger partial charge < -0.3 is 14.8 Å². The summed E-state index contributed by atoms with van der Waals surface area (Å²) in [6, 6.07) is 14.8. The maximum absolute atomic E-state index is 12.5. The zero-order valence-corrected chi connectivity index (χ0v) is 11.8. The summed E-state index contributed by atoms with van der Waals surface area (Å²) in [4.78, 5) is 12.5. The molecule has 1 heterocycles. The molecular weight excluding hydrogens is 266 g/mol. The normalized spacial score (nSPS) is 16.3. The molecule has 2 aromatic carbocycles. The van der Waals surface area contributed by atoms with Gasteiger partial charge in [-0.1, -0.05) is 24.3 Å². The van der Waals surface area contributed by atoms with Gasteiger partial charge in [0.1, 0.15) is 11.5 Å². The highest BCUT2D eigenvalue weighted by molar-refractivity contribution is 6.00. The van der Waals surface area contributed by atoms with Crippen molar-refractivity contribution < 1.29 is 14.3 Å². The second-order valence-electron chi connectivity index (χ2n) is 4.81. The molecule has 1 N–H and O–H groups in total. The molecule has 3 rings (SSSR count). The number of benzene rings is 2. The average molecular weight is 283 g/mol. The van der Waals surface area contributed by atoms with Crippen molar-refractivity contribution in [3.05, 3.63) is 54.1 Å². The smallest absolute Gasteiger partial charge is 0.205 e. The first-order chi connectivity index (χ1) is 10.3. The van der Waals surface area contributed by atoms with E-state index in [1.54, 1.807) is 12.1 Å². The highest BCUT2D eigenvalue weighted by Gasteiger charge is 2.26. The van der Waals surface area contributed by atoms with Crippen molar-refractivity contribution in [1.82, 2.24) is 0 Å². The lowest BCUT2D eigenvalue weighted by Crippen LogP contribution is -2.37. The van der Waals surface area contributed by atoms with Crippen molar-refractivity contribution >= 4 is 11.5 Å². The first-order valence-corrected chi connectivity index (χ1v) is 7.04. The Balaban J connectivity index is 1.79. The number of hydrogen-bond acceptors (Lipinski definition) is 4. The number of para-hydroxylation sites is 2. The van der Waals surface area contributed by atoms with Crippen LogP contribution in [0.1, 0.15) is 17.3 Å². The van der Waals surface area contributed by atoms with Gasteiger partial charge in [0.05, 0.1) is 18.8 Å². The highest BCUT2D eigenvalue weighted by Crippen LogP contribution is 2.29. The van der Waals surface area contributed by atoms with Crippen LogP contribution < -0.4 is 14.8 Å². The molecule has 108 valence electrons. The van der Waals surface area contributed by atoms with E-state index in [4.69, 9.17) is 9.47 Å². The summed E-state index contributed by atoms with van der Waals surface area (Å²) in [5.74, 6) is 1.37. The largest absolute Gasteiger partial charge is 0.494 e. The first-order valence-electron chi connectivity index (χ1n) is 7.04. The van der Waals surface area contributed by atoms with Crippen LogP contribution in [-0.2, 0) is 0 Å².